The number of aromatic carboxylic acids is 1. The van der Waals surface area contributed by atoms with E-state index in [1.54, 1.807) is 24.3 Å². The van der Waals surface area contributed by atoms with Gasteiger partial charge in [0, 0.05) is 13.1 Å². The quantitative estimate of drug-likeness (QED) is 0.471. The number of carbonyl (C=O) groups is 1. The van der Waals surface area contributed by atoms with E-state index in [1.807, 2.05) is 24.3 Å². The standard InChI is InChI=1S/C22H26N2O4/c1-2-3-6-13-24(22-23-19-11-4-5-12-20(19)28-22)14-8-15-27-18-10-7-9-17(16-18)21(25)26/h4-5,7,9-12,16H,2-3,6,8,13-15H2,1H3,(H,25,26). The molecule has 0 aliphatic carbocycles. The Kier molecular flexibility index (Phi) is 6.89. The lowest BCUT2D eigenvalue weighted by atomic mass is 10.2. The van der Waals surface area contributed by atoms with Crippen molar-refractivity contribution >= 4 is 23.1 Å². The Morgan fingerprint density at radius 2 is 1.93 bits per heavy atom. The normalized spacial score (nSPS) is 10.9. The van der Waals surface area contributed by atoms with Crippen LogP contribution in [0.1, 0.15) is 43.0 Å². The van der Waals surface area contributed by atoms with E-state index in [0.29, 0.717) is 18.4 Å². The van der Waals surface area contributed by atoms with E-state index in [1.165, 1.54) is 0 Å². The number of oxazole rings is 1. The largest absolute Gasteiger partial charge is 0.494 e. The number of aromatic nitrogens is 1. The summed E-state index contributed by atoms with van der Waals surface area (Å²) in [5.41, 5.74) is 1.88. The number of carboxylic acid groups (broad SMARTS) is 1. The molecule has 0 radical (unpaired) electrons. The summed E-state index contributed by atoms with van der Waals surface area (Å²) in [5, 5.41) is 9.06. The lowest BCUT2D eigenvalue weighted by molar-refractivity contribution is 0.0696. The van der Waals surface area contributed by atoms with E-state index >= 15 is 0 Å². The fourth-order valence-electron chi connectivity index (χ4n) is 3.02. The number of unbranched alkanes of at least 4 members (excludes halogenated alkanes) is 2. The van der Waals surface area contributed by atoms with Gasteiger partial charge in [-0.1, -0.05) is 38.0 Å². The summed E-state index contributed by atoms with van der Waals surface area (Å²) in [6.45, 7) is 4.32. The molecule has 3 rings (SSSR count). The molecular formula is C22H26N2O4. The summed E-state index contributed by atoms with van der Waals surface area (Å²) < 4.78 is 11.7. The third kappa shape index (κ3) is 5.25. The zero-order valence-corrected chi connectivity index (χ0v) is 16.1. The number of carboxylic acids is 1. The molecule has 3 aromatic rings. The molecule has 2 aromatic carbocycles. The maximum Gasteiger partial charge on any atom is 0.335 e. The molecule has 0 atom stereocenters. The Morgan fingerprint density at radius 1 is 1.11 bits per heavy atom. The molecule has 0 aliphatic heterocycles. The zero-order valence-electron chi connectivity index (χ0n) is 16.1. The van der Waals surface area contributed by atoms with E-state index < -0.39 is 5.97 Å². The number of rotatable bonds is 11. The van der Waals surface area contributed by atoms with Gasteiger partial charge < -0.3 is 19.2 Å². The lowest BCUT2D eigenvalue weighted by Crippen LogP contribution is -2.27. The third-order valence-electron chi connectivity index (χ3n) is 4.51. The summed E-state index contributed by atoms with van der Waals surface area (Å²) in [6.07, 6.45) is 4.18. The Balaban J connectivity index is 1.58. The van der Waals surface area contributed by atoms with Gasteiger partial charge in [-0.3, -0.25) is 0 Å². The maximum atomic E-state index is 11.0. The van der Waals surface area contributed by atoms with Crippen molar-refractivity contribution in [1.82, 2.24) is 4.98 Å². The summed E-state index contributed by atoms with van der Waals surface area (Å²) in [5.74, 6) is -0.386. The van der Waals surface area contributed by atoms with Gasteiger partial charge in [-0.25, -0.2) is 4.79 Å². The molecule has 6 heteroatoms. The first-order valence-corrected chi connectivity index (χ1v) is 9.74. The average molecular weight is 382 g/mol. The van der Waals surface area contributed by atoms with Crippen LogP contribution in [-0.4, -0.2) is 35.8 Å². The van der Waals surface area contributed by atoms with Crippen molar-refractivity contribution in [3.05, 3.63) is 54.1 Å². The fraction of sp³-hybridized carbons (Fsp3) is 0.364. The van der Waals surface area contributed by atoms with E-state index in [0.717, 1.165) is 49.9 Å². The highest BCUT2D eigenvalue weighted by molar-refractivity contribution is 5.88. The molecule has 148 valence electrons. The highest BCUT2D eigenvalue weighted by Crippen LogP contribution is 2.22. The van der Waals surface area contributed by atoms with Crippen LogP contribution in [0.2, 0.25) is 0 Å². The molecule has 0 amide bonds. The SMILES string of the molecule is CCCCCN(CCCOc1cccc(C(=O)O)c1)c1nc2ccccc2o1. The van der Waals surface area contributed by atoms with Crippen molar-refractivity contribution in [2.24, 2.45) is 0 Å². The van der Waals surface area contributed by atoms with Crippen molar-refractivity contribution in [3.8, 4) is 5.75 Å². The predicted molar refractivity (Wildman–Crippen MR) is 109 cm³/mol. The second kappa shape index (κ2) is 9.78. The molecule has 0 bridgehead atoms. The van der Waals surface area contributed by atoms with Gasteiger partial charge in [0.2, 0.25) is 0 Å². The molecule has 0 saturated heterocycles. The minimum Gasteiger partial charge on any atom is -0.494 e. The van der Waals surface area contributed by atoms with Crippen LogP contribution in [0.5, 0.6) is 5.75 Å². The van der Waals surface area contributed by atoms with Crippen LogP contribution in [0.3, 0.4) is 0 Å². The van der Waals surface area contributed by atoms with Crippen LogP contribution >= 0.6 is 0 Å². The number of benzene rings is 2. The molecule has 28 heavy (non-hydrogen) atoms. The number of para-hydroxylation sites is 2. The van der Waals surface area contributed by atoms with Crippen LogP contribution in [0.25, 0.3) is 11.1 Å². The monoisotopic (exact) mass is 382 g/mol. The van der Waals surface area contributed by atoms with E-state index in [2.05, 4.69) is 16.8 Å². The van der Waals surface area contributed by atoms with Gasteiger partial charge in [-0.05, 0) is 43.2 Å². The molecule has 1 N–H and O–H groups in total. The van der Waals surface area contributed by atoms with Crippen molar-refractivity contribution < 1.29 is 19.1 Å². The van der Waals surface area contributed by atoms with Crippen molar-refractivity contribution in [1.29, 1.82) is 0 Å². The molecule has 0 fully saturated rings. The number of hydrogen-bond acceptors (Lipinski definition) is 5. The second-order valence-electron chi connectivity index (χ2n) is 6.69. The van der Waals surface area contributed by atoms with Gasteiger partial charge in [0.05, 0.1) is 12.2 Å². The Bertz CT molecular complexity index is 873. The maximum absolute atomic E-state index is 11.0. The Morgan fingerprint density at radius 3 is 2.71 bits per heavy atom. The molecule has 0 saturated carbocycles. The van der Waals surface area contributed by atoms with Crippen LogP contribution in [0.4, 0.5) is 6.01 Å². The minimum atomic E-state index is -0.955. The minimum absolute atomic E-state index is 0.227. The smallest absolute Gasteiger partial charge is 0.335 e. The van der Waals surface area contributed by atoms with Crippen LogP contribution in [-0.2, 0) is 0 Å². The van der Waals surface area contributed by atoms with E-state index in [-0.39, 0.29) is 5.56 Å². The van der Waals surface area contributed by atoms with Crippen LogP contribution < -0.4 is 9.64 Å². The number of fused-ring (bicyclic) bond motifs is 1. The Labute approximate surface area is 164 Å². The Hall–Kier alpha value is -3.02. The van der Waals surface area contributed by atoms with Crippen molar-refractivity contribution in [3.63, 3.8) is 0 Å². The lowest BCUT2D eigenvalue weighted by Gasteiger charge is -2.20. The molecule has 1 heterocycles. The van der Waals surface area contributed by atoms with Crippen LogP contribution in [0, 0.1) is 0 Å². The highest BCUT2D eigenvalue weighted by atomic mass is 16.5. The van der Waals surface area contributed by atoms with E-state index in [9.17, 15) is 4.79 Å². The number of anilines is 1. The molecule has 0 unspecified atom stereocenters. The van der Waals surface area contributed by atoms with E-state index in [4.69, 9.17) is 14.3 Å². The molecule has 0 aliphatic rings. The summed E-state index contributed by atoms with van der Waals surface area (Å²) in [7, 11) is 0. The average Bonchev–Trinajstić information content (AvgIpc) is 3.14. The number of nitrogens with zero attached hydrogens (tertiary/aromatic N) is 2. The fourth-order valence-corrected chi connectivity index (χ4v) is 3.02. The first kappa shape index (κ1) is 19.7. The first-order valence-electron chi connectivity index (χ1n) is 9.74. The predicted octanol–water partition coefficient (Wildman–Crippen LogP) is 4.99. The zero-order chi connectivity index (χ0) is 19.8. The second-order valence-corrected chi connectivity index (χ2v) is 6.69. The van der Waals surface area contributed by atoms with Gasteiger partial charge in [0.1, 0.15) is 11.3 Å². The van der Waals surface area contributed by atoms with Gasteiger partial charge >= 0.3 is 5.97 Å². The summed E-state index contributed by atoms with van der Waals surface area (Å²) in [4.78, 5) is 17.8. The van der Waals surface area contributed by atoms with Gasteiger partial charge in [-0.2, -0.15) is 4.98 Å². The van der Waals surface area contributed by atoms with Gasteiger partial charge in [-0.15, -0.1) is 0 Å². The first-order chi connectivity index (χ1) is 13.7. The summed E-state index contributed by atoms with van der Waals surface area (Å²) >= 11 is 0. The molecule has 6 nitrogen and oxygen atoms in total. The number of hydrogen-bond donors (Lipinski definition) is 1. The molecular weight excluding hydrogens is 356 g/mol. The number of ether oxygens (including phenoxy) is 1. The highest BCUT2D eigenvalue weighted by Gasteiger charge is 2.14. The topological polar surface area (TPSA) is 75.8 Å². The summed E-state index contributed by atoms with van der Waals surface area (Å²) in [6, 6.07) is 15.0. The molecule has 1 aromatic heterocycles. The van der Waals surface area contributed by atoms with Crippen LogP contribution in [0.15, 0.2) is 52.9 Å². The van der Waals surface area contributed by atoms with Crippen molar-refractivity contribution in [2.75, 3.05) is 24.6 Å². The van der Waals surface area contributed by atoms with Crippen molar-refractivity contribution in [2.45, 2.75) is 32.6 Å². The van der Waals surface area contributed by atoms with Gasteiger partial charge in [0.15, 0.2) is 5.58 Å². The molecule has 0 spiro atoms. The van der Waals surface area contributed by atoms with Gasteiger partial charge in [0.25, 0.3) is 6.01 Å². The third-order valence-corrected chi connectivity index (χ3v) is 4.51.